The highest BCUT2D eigenvalue weighted by Gasteiger charge is 2.57. The van der Waals surface area contributed by atoms with Gasteiger partial charge in [-0.25, -0.2) is 0 Å². The van der Waals surface area contributed by atoms with Crippen LogP contribution in [0.1, 0.15) is 62.3 Å². The number of carboxylic acids is 1. The average molecular weight is 448 g/mol. The summed E-state index contributed by atoms with van der Waals surface area (Å²) in [4.78, 5) is 51.9. The molecule has 168 valence electrons. The molecule has 9 heteroatoms. The highest BCUT2D eigenvalue weighted by molar-refractivity contribution is 8.01. The quantitative estimate of drug-likeness (QED) is 0.590. The summed E-state index contributed by atoms with van der Waals surface area (Å²) in [7, 11) is 0. The van der Waals surface area contributed by atoms with Crippen molar-refractivity contribution in [3.8, 4) is 0 Å². The second kappa shape index (κ2) is 8.53. The first-order valence-corrected chi connectivity index (χ1v) is 11.2. The molecular formula is C22H29N3O5S. The molecule has 2 heterocycles. The number of nitrogens with zero attached hydrogens (tertiary/aromatic N) is 1. The highest BCUT2D eigenvalue weighted by atomic mass is 32.2. The third kappa shape index (κ3) is 4.42. The summed E-state index contributed by atoms with van der Waals surface area (Å²) in [5, 5.41) is 14.1. The van der Waals surface area contributed by atoms with Crippen molar-refractivity contribution in [2.24, 2.45) is 5.92 Å². The number of carboxylic acid groups (broad SMARTS) is 1. The second-order valence-corrected chi connectivity index (χ2v) is 10.8. The van der Waals surface area contributed by atoms with Crippen molar-refractivity contribution in [1.29, 1.82) is 0 Å². The summed E-state index contributed by atoms with van der Waals surface area (Å²) in [6.45, 7) is 9.04. The van der Waals surface area contributed by atoms with Crippen LogP contribution in [0.2, 0.25) is 0 Å². The molecule has 3 rings (SSSR count). The van der Waals surface area contributed by atoms with Gasteiger partial charge < -0.3 is 20.6 Å². The Bertz CT molecular complexity index is 916. The van der Waals surface area contributed by atoms with E-state index in [2.05, 4.69) is 10.6 Å². The molecule has 1 aromatic carbocycles. The molecule has 0 aromatic heterocycles. The number of hydrogen-bond acceptors (Lipinski definition) is 5. The number of aliphatic carboxylic acids is 1. The predicted octanol–water partition coefficient (Wildman–Crippen LogP) is 2.16. The van der Waals surface area contributed by atoms with Gasteiger partial charge >= 0.3 is 5.97 Å². The Kier molecular flexibility index (Phi) is 6.36. The maximum absolute atomic E-state index is 13.4. The minimum Gasteiger partial charge on any atom is -0.480 e. The molecule has 1 saturated heterocycles. The van der Waals surface area contributed by atoms with Crippen LogP contribution in [0.5, 0.6) is 0 Å². The Morgan fingerprint density at radius 1 is 1.16 bits per heavy atom. The summed E-state index contributed by atoms with van der Waals surface area (Å²) in [6.07, 6.45) is 0.349. The fraction of sp³-hybridized carbons (Fsp3) is 0.545. The maximum Gasteiger partial charge on any atom is 0.325 e. The Labute approximate surface area is 186 Å². The summed E-state index contributed by atoms with van der Waals surface area (Å²) in [5.74, 6) is -2.21. The minimum atomic E-state index is -1.15. The molecule has 31 heavy (non-hydrogen) atoms. The molecular weight excluding hydrogens is 418 g/mol. The number of fused-ring (bicyclic) bond motifs is 3. The summed E-state index contributed by atoms with van der Waals surface area (Å²) >= 11 is 1.55. The average Bonchev–Trinajstić information content (AvgIpc) is 3.10. The van der Waals surface area contributed by atoms with Gasteiger partial charge in [-0.2, -0.15) is 0 Å². The first-order chi connectivity index (χ1) is 14.4. The Morgan fingerprint density at radius 2 is 1.81 bits per heavy atom. The minimum absolute atomic E-state index is 0.0903. The number of rotatable bonds is 7. The van der Waals surface area contributed by atoms with Crippen molar-refractivity contribution < 1.29 is 24.3 Å². The van der Waals surface area contributed by atoms with Crippen LogP contribution < -0.4 is 10.6 Å². The molecule has 0 bridgehead atoms. The molecule has 2 aliphatic heterocycles. The molecule has 4 atom stereocenters. The number of amides is 3. The van der Waals surface area contributed by atoms with Gasteiger partial charge in [0.05, 0.1) is 0 Å². The van der Waals surface area contributed by atoms with Crippen LogP contribution in [0, 0.1) is 5.92 Å². The van der Waals surface area contributed by atoms with Crippen molar-refractivity contribution in [3.63, 3.8) is 0 Å². The molecule has 1 aromatic rings. The summed E-state index contributed by atoms with van der Waals surface area (Å²) < 4.78 is -0.564. The number of hydrogen-bond donors (Lipinski definition) is 3. The van der Waals surface area contributed by atoms with Crippen LogP contribution in [0.25, 0.3) is 0 Å². The topological polar surface area (TPSA) is 116 Å². The number of carbonyl (C=O) groups is 4. The van der Waals surface area contributed by atoms with Crippen molar-refractivity contribution >= 4 is 35.5 Å². The zero-order valence-electron chi connectivity index (χ0n) is 18.3. The Balaban J connectivity index is 1.83. The fourth-order valence-electron chi connectivity index (χ4n) is 4.13. The lowest BCUT2D eigenvalue weighted by Crippen LogP contribution is -2.58. The molecule has 0 saturated carbocycles. The molecule has 3 amide bonds. The van der Waals surface area contributed by atoms with Crippen LogP contribution in [0.3, 0.4) is 0 Å². The van der Waals surface area contributed by atoms with E-state index in [9.17, 15) is 19.2 Å². The van der Waals surface area contributed by atoms with Gasteiger partial charge in [-0.05, 0) is 44.7 Å². The standard InChI is InChI=1S/C22H29N3O5S/c1-11(2)10-15(17(26)23-12(3)21(29)30)24-18(27)16-22(4,5)31-20-14-9-7-6-8-13(14)19(28)25(16)20/h6-9,11-12,15-16,20H,10H2,1-5H3,(H,23,26)(H,24,27)(H,29,30)/t12-,15-,16+,20?/m0/s1. The molecule has 0 aliphatic carbocycles. The third-order valence-corrected chi connectivity index (χ3v) is 7.15. The van der Waals surface area contributed by atoms with Crippen LogP contribution in [0.15, 0.2) is 24.3 Å². The van der Waals surface area contributed by atoms with Crippen LogP contribution >= 0.6 is 11.8 Å². The van der Waals surface area contributed by atoms with Gasteiger partial charge in [0, 0.05) is 10.3 Å². The normalized spacial score (nSPS) is 23.2. The van der Waals surface area contributed by atoms with Crippen LogP contribution in [0.4, 0.5) is 0 Å². The molecule has 0 radical (unpaired) electrons. The van der Waals surface area contributed by atoms with E-state index in [1.807, 2.05) is 39.8 Å². The van der Waals surface area contributed by atoms with Gasteiger partial charge in [0.1, 0.15) is 23.5 Å². The number of thioether (sulfide) groups is 1. The molecule has 0 spiro atoms. The van der Waals surface area contributed by atoms with Gasteiger partial charge in [-0.3, -0.25) is 19.2 Å². The Morgan fingerprint density at radius 3 is 2.42 bits per heavy atom. The van der Waals surface area contributed by atoms with E-state index in [0.29, 0.717) is 12.0 Å². The monoisotopic (exact) mass is 447 g/mol. The van der Waals surface area contributed by atoms with Gasteiger partial charge in [0.2, 0.25) is 11.8 Å². The molecule has 3 N–H and O–H groups in total. The number of benzene rings is 1. The van der Waals surface area contributed by atoms with E-state index in [0.717, 1.165) is 5.56 Å². The van der Waals surface area contributed by atoms with E-state index in [1.54, 1.807) is 28.8 Å². The van der Waals surface area contributed by atoms with Gasteiger partial charge in [0.25, 0.3) is 5.91 Å². The molecule has 1 fully saturated rings. The highest BCUT2D eigenvalue weighted by Crippen LogP contribution is 2.56. The van der Waals surface area contributed by atoms with Crippen molar-refractivity contribution in [2.45, 2.75) is 69.3 Å². The van der Waals surface area contributed by atoms with Gasteiger partial charge in [-0.15, -0.1) is 11.8 Å². The van der Waals surface area contributed by atoms with E-state index < -0.39 is 40.7 Å². The third-order valence-electron chi connectivity index (χ3n) is 5.61. The van der Waals surface area contributed by atoms with Crippen molar-refractivity contribution in [1.82, 2.24) is 15.5 Å². The lowest BCUT2D eigenvalue weighted by molar-refractivity contribution is -0.141. The van der Waals surface area contributed by atoms with E-state index in [4.69, 9.17) is 5.11 Å². The fourth-order valence-corrected chi connectivity index (χ4v) is 5.72. The SMILES string of the molecule is CC(C)C[C@H](NC(=O)[C@H]1N2C(=O)c3ccccc3C2SC1(C)C)C(=O)N[C@@H](C)C(=O)O. The lowest BCUT2D eigenvalue weighted by atomic mass is 9.98. The van der Waals surface area contributed by atoms with Crippen molar-refractivity contribution in [3.05, 3.63) is 35.4 Å². The lowest BCUT2D eigenvalue weighted by Gasteiger charge is -2.31. The zero-order valence-corrected chi connectivity index (χ0v) is 19.2. The molecule has 1 unspecified atom stereocenters. The number of nitrogens with one attached hydrogen (secondary N) is 2. The smallest absolute Gasteiger partial charge is 0.325 e. The van der Waals surface area contributed by atoms with Gasteiger partial charge in [-0.1, -0.05) is 32.0 Å². The second-order valence-electron chi connectivity index (χ2n) is 9.04. The molecule has 8 nitrogen and oxygen atoms in total. The van der Waals surface area contributed by atoms with Crippen LogP contribution in [-0.2, 0) is 14.4 Å². The largest absolute Gasteiger partial charge is 0.480 e. The maximum atomic E-state index is 13.4. The summed E-state index contributed by atoms with van der Waals surface area (Å²) in [6, 6.07) is 4.62. The van der Waals surface area contributed by atoms with Crippen molar-refractivity contribution in [2.75, 3.05) is 0 Å². The first-order valence-electron chi connectivity index (χ1n) is 10.4. The zero-order chi connectivity index (χ0) is 23.1. The Hall–Kier alpha value is -2.55. The molecule has 2 aliphatic rings. The predicted molar refractivity (Wildman–Crippen MR) is 117 cm³/mol. The van der Waals surface area contributed by atoms with E-state index in [-0.39, 0.29) is 17.2 Å². The van der Waals surface area contributed by atoms with E-state index in [1.165, 1.54) is 6.92 Å². The van der Waals surface area contributed by atoms with Gasteiger partial charge in [0.15, 0.2) is 0 Å². The first kappa shape index (κ1) is 23.1. The van der Waals surface area contributed by atoms with Crippen LogP contribution in [-0.4, -0.2) is 56.6 Å². The number of carbonyl (C=O) groups excluding carboxylic acids is 3. The van der Waals surface area contributed by atoms with E-state index >= 15 is 0 Å². The summed E-state index contributed by atoms with van der Waals surface area (Å²) in [5.41, 5.74) is 1.49.